The molecule has 2 amide bonds. The molecule has 2 N–H and O–H groups in total. The highest BCUT2D eigenvalue weighted by Gasteiger charge is 2.37. The zero-order valence-electron chi connectivity index (χ0n) is 26.8. The number of ether oxygens (including phenoxy) is 2. The molecular formula is C36H48N2O6S. The maximum atomic E-state index is 13.8. The second-order valence-corrected chi connectivity index (χ2v) is 13.7. The molecule has 0 aromatic heterocycles. The number of amides is 2. The third-order valence-corrected chi connectivity index (χ3v) is 8.91. The summed E-state index contributed by atoms with van der Waals surface area (Å²) in [6.07, 6.45) is 6.31. The molecule has 0 saturated heterocycles. The molecule has 0 bridgehead atoms. The standard InChI is InChI=1S/C36H48N2O6S/c1-4-5-6-7-8-9-16-25-33(39)38-45(41,42)32-24-18-17-23-31(32)37-35(40)34(44-27-30-21-14-11-15-22-30)36(2,3)28-43-26-29-19-12-10-13-20-29/h10-15,17-24,34H,4-9,16,25-28H2,1-3H3,(H,37,40)(H,38,39). The minimum Gasteiger partial charge on any atom is -0.376 e. The summed E-state index contributed by atoms with van der Waals surface area (Å²) in [5, 5.41) is 2.77. The van der Waals surface area contributed by atoms with Crippen molar-refractivity contribution in [2.75, 3.05) is 11.9 Å². The van der Waals surface area contributed by atoms with E-state index in [0.717, 1.165) is 30.4 Å². The van der Waals surface area contributed by atoms with Gasteiger partial charge in [-0.2, -0.15) is 0 Å². The first-order valence-corrected chi connectivity index (χ1v) is 17.3. The Morgan fingerprint density at radius 2 is 1.31 bits per heavy atom. The largest absolute Gasteiger partial charge is 0.376 e. The molecule has 0 aliphatic rings. The number of hydrogen-bond donors (Lipinski definition) is 2. The first-order valence-electron chi connectivity index (χ1n) is 15.8. The Balaban J connectivity index is 1.69. The van der Waals surface area contributed by atoms with Gasteiger partial charge in [0.1, 0.15) is 11.0 Å². The van der Waals surface area contributed by atoms with Crippen LogP contribution >= 0.6 is 0 Å². The van der Waals surface area contributed by atoms with Crippen molar-refractivity contribution in [3.05, 3.63) is 96.1 Å². The second kappa shape index (κ2) is 18.4. The Kier molecular flexibility index (Phi) is 14.7. The van der Waals surface area contributed by atoms with E-state index in [-0.39, 0.29) is 30.2 Å². The van der Waals surface area contributed by atoms with Crippen molar-refractivity contribution < 1.29 is 27.5 Å². The number of benzene rings is 3. The summed E-state index contributed by atoms with van der Waals surface area (Å²) in [4.78, 5) is 26.2. The van der Waals surface area contributed by atoms with Crippen LogP contribution in [0.2, 0.25) is 0 Å². The van der Waals surface area contributed by atoms with Crippen molar-refractivity contribution in [2.45, 2.75) is 96.4 Å². The molecule has 0 heterocycles. The molecule has 244 valence electrons. The number of anilines is 1. The lowest BCUT2D eigenvalue weighted by Crippen LogP contribution is -2.45. The molecule has 1 unspecified atom stereocenters. The van der Waals surface area contributed by atoms with Crippen molar-refractivity contribution >= 4 is 27.5 Å². The normalized spacial score (nSPS) is 12.4. The summed E-state index contributed by atoms with van der Waals surface area (Å²) in [6.45, 7) is 6.67. The van der Waals surface area contributed by atoms with Crippen molar-refractivity contribution in [3.63, 3.8) is 0 Å². The highest BCUT2D eigenvalue weighted by Crippen LogP contribution is 2.29. The molecule has 9 heteroatoms. The average Bonchev–Trinajstić information content (AvgIpc) is 3.01. The van der Waals surface area contributed by atoms with Crippen LogP contribution in [0.4, 0.5) is 5.69 Å². The van der Waals surface area contributed by atoms with Gasteiger partial charge in [-0.1, -0.05) is 132 Å². The number of rotatable bonds is 20. The monoisotopic (exact) mass is 636 g/mol. The molecule has 45 heavy (non-hydrogen) atoms. The zero-order valence-corrected chi connectivity index (χ0v) is 27.6. The van der Waals surface area contributed by atoms with Gasteiger partial charge >= 0.3 is 0 Å². The highest BCUT2D eigenvalue weighted by atomic mass is 32.2. The molecule has 3 aromatic rings. The van der Waals surface area contributed by atoms with Crippen molar-refractivity contribution in [1.29, 1.82) is 0 Å². The topological polar surface area (TPSA) is 111 Å². The van der Waals surface area contributed by atoms with Crippen LogP contribution in [0.15, 0.2) is 89.8 Å². The quantitative estimate of drug-likeness (QED) is 0.125. The van der Waals surface area contributed by atoms with E-state index in [0.29, 0.717) is 13.0 Å². The molecule has 0 radical (unpaired) electrons. The molecule has 0 aliphatic heterocycles. The van der Waals surface area contributed by atoms with E-state index in [9.17, 15) is 18.0 Å². The van der Waals surface area contributed by atoms with E-state index < -0.39 is 33.4 Å². The Morgan fingerprint density at radius 1 is 0.756 bits per heavy atom. The molecular weight excluding hydrogens is 588 g/mol. The van der Waals surface area contributed by atoms with Crippen LogP contribution in [0.3, 0.4) is 0 Å². The van der Waals surface area contributed by atoms with Crippen LogP contribution < -0.4 is 10.0 Å². The number of carbonyl (C=O) groups excluding carboxylic acids is 2. The lowest BCUT2D eigenvalue weighted by molar-refractivity contribution is -0.141. The van der Waals surface area contributed by atoms with Crippen molar-refractivity contribution in [1.82, 2.24) is 4.72 Å². The number of hydrogen-bond acceptors (Lipinski definition) is 6. The van der Waals surface area contributed by atoms with Gasteiger partial charge in [-0.25, -0.2) is 13.1 Å². The van der Waals surface area contributed by atoms with E-state index in [1.165, 1.54) is 31.4 Å². The predicted octanol–water partition coefficient (Wildman–Crippen LogP) is 7.40. The molecule has 1 atom stereocenters. The van der Waals surface area contributed by atoms with Crippen molar-refractivity contribution in [3.8, 4) is 0 Å². The Labute approximate surface area is 269 Å². The summed E-state index contributed by atoms with van der Waals surface area (Å²) in [7, 11) is -4.23. The molecule has 0 saturated carbocycles. The molecule has 0 spiro atoms. The minimum absolute atomic E-state index is 0.0630. The van der Waals surface area contributed by atoms with Crippen LogP contribution in [-0.2, 0) is 42.3 Å². The maximum Gasteiger partial charge on any atom is 0.266 e. The Bertz CT molecular complexity index is 1430. The lowest BCUT2D eigenvalue weighted by atomic mass is 9.86. The van der Waals surface area contributed by atoms with Crippen LogP contribution in [0.5, 0.6) is 0 Å². The van der Waals surface area contributed by atoms with Gasteiger partial charge in [0.05, 0.1) is 25.5 Å². The maximum absolute atomic E-state index is 13.8. The van der Waals surface area contributed by atoms with Crippen LogP contribution in [0, 0.1) is 5.41 Å². The third kappa shape index (κ3) is 12.4. The molecule has 3 aromatic carbocycles. The van der Waals surface area contributed by atoms with E-state index in [2.05, 4.69) is 17.0 Å². The fraction of sp³-hybridized carbons (Fsp3) is 0.444. The fourth-order valence-corrected chi connectivity index (χ4v) is 6.17. The summed E-state index contributed by atoms with van der Waals surface area (Å²) in [5.41, 5.74) is 1.18. The number of nitrogens with one attached hydrogen (secondary N) is 2. The fourth-order valence-electron chi connectivity index (χ4n) is 4.99. The summed E-state index contributed by atoms with van der Waals surface area (Å²) in [5.74, 6) is -1.08. The minimum atomic E-state index is -4.23. The average molecular weight is 637 g/mol. The smallest absolute Gasteiger partial charge is 0.266 e. The number of sulfonamides is 1. The van der Waals surface area contributed by atoms with E-state index in [4.69, 9.17) is 9.47 Å². The Morgan fingerprint density at radius 3 is 1.96 bits per heavy atom. The van der Waals surface area contributed by atoms with Crippen molar-refractivity contribution in [2.24, 2.45) is 5.41 Å². The first-order chi connectivity index (χ1) is 21.6. The van der Waals surface area contributed by atoms with Gasteiger partial charge in [0, 0.05) is 11.8 Å². The van der Waals surface area contributed by atoms with Gasteiger partial charge in [0.2, 0.25) is 5.91 Å². The predicted molar refractivity (Wildman–Crippen MR) is 178 cm³/mol. The number of para-hydroxylation sites is 1. The van der Waals surface area contributed by atoms with E-state index in [1.54, 1.807) is 12.1 Å². The van der Waals surface area contributed by atoms with E-state index in [1.807, 2.05) is 74.5 Å². The third-order valence-electron chi connectivity index (χ3n) is 7.48. The van der Waals surface area contributed by atoms with Crippen LogP contribution in [-0.4, -0.2) is 32.9 Å². The van der Waals surface area contributed by atoms with Crippen LogP contribution in [0.1, 0.15) is 83.3 Å². The van der Waals surface area contributed by atoms with Gasteiger partial charge in [-0.15, -0.1) is 0 Å². The van der Waals surface area contributed by atoms with Gasteiger partial charge in [0.25, 0.3) is 15.9 Å². The second-order valence-electron chi connectivity index (χ2n) is 12.0. The molecule has 3 rings (SSSR count). The van der Waals surface area contributed by atoms with Gasteiger partial charge in [0.15, 0.2) is 0 Å². The number of unbranched alkanes of at least 4 members (excludes halogenated alkanes) is 6. The summed E-state index contributed by atoms with van der Waals surface area (Å²) < 4.78 is 40.9. The van der Waals surface area contributed by atoms with Gasteiger partial charge < -0.3 is 14.8 Å². The Hall–Kier alpha value is -3.53. The zero-order chi connectivity index (χ0) is 32.5. The highest BCUT2D eigenvalue weighted by molar-refractivity contribution is 7.90. The van der Waals surface area contributed by atoms with Gasteiger partial charge in [-0.3, -0.25) is 9.59 Å². The molecule has 8 nitrogen and oxygen atoms in total. The molecule has 0 aliphatic carbocycles. The summed E-state index contributed by atoms with van der Waals surface area (Å²) in [6, 6.07) is 25.3. The number of carbonyl (C=O) groups is 2. The van der Waals surface area contributed by atoms with Gasteiger partial charge in [-0.05, 0) is 29.7 Å². The SMILES string of the molecule is CCCCCCCCCC(=O)NS(=O)(=O)c1ccccc1NC(=O)C(OCc1ccccc1)C(C)(C)COCc1ccccc1. The van der Waals surface area contributed by atoms with E-state index >= 15 is 0 Å². The summed E-state index contributed by atoms with van der Waals surface area (Å²) >= 11 is 0. The lowest BCUT2D eigenvalue weighted by Gasteiger charge is -2.33. The van der Waals surface area contributed by atoms with Crippen LogP contribution in [0.25, 0.3) is 0 Å². The first kappa shape index (κ1) is 35.9. The molecule has 0 fully saturated rings.